The standard InChI is InChI=1S/C17H25FN2O.ClH/c1-13(10-15-7-3-4-8-16(15)18)17(21)20-9-5-6-14(12-20)11-19-2;/h3-4,7-8,13-14,19H,5-6,9-12H2,1-2H3;1H. The third-order valence-electron chi connectivity index (χ3n) is 4.23. The van der Waals surface area contributed by atoms with Crippen molar-refractivity contribution in [1.82, 2.24) is 10.2 Å². The molecule has 1 aromatic rings. The molecule has 0 aliphatic carbocycles. The first-order valence-electron chi connectivity index (χ1n) is 7.78. The molecule has 1 fully saturated rings. The number of nitrogens with zero attached hydrogens (tertiary/aromatic N) is 1. The van der Waals surface area contributed by atoms with Crippen molar-refractivity contribution in [2.45, 2.75) is 26.2 Å². The second-order valence-corrected chi connectivity index (χ2v) is 6.05. The molecule has 1 saturated heterocycles. The van der Waals surface area contributed by atoms with Crippen molar-refractivity contribution in [3.05, 3.63) is 35.6 Å². The minimum absolute atomic E-state index is 0. The number of piperidine rings is 1. The van der Waals surface area contributed by atoms with Gasteiger partial charge in [0.05, 0.1) is 0 Å². The number of benzene rings is 1. The molecule has 0 radical (unpaired) electrons. The average Bonchev–Trinajstić information content (AvgIpc) is 2.49. The van der Waals surface area contributed by atoms with Gasteiger partial charge in [-0.3, -0.25) is 4.79 Å². The van der Waals surface area contributed by atoms with E-state index in [2.05, 4.69) is 5.32 Å². The van der Waals surface area contributed by atoms with Crippen LogP contribution in [0.1, 0.15) is 25.3 Å². The van der Waals surface area contributed by atoms with Gasteiger partial charge in [0.15, 0.2) is 0 Å². The maximum absolute atomic E-state index is 13.7. The summed E-state index contributed by atoms with van der Waals surface area (Å²) < 4.78 is 13.7. The molecule has 2 rings (SSSR count). The number of hydrogen-bond donors (Lipinski definition) is 1. The van der Waals surface area contributed by atoms with E-state index in [9.17, 15) is 9.18 Å². The fourth-order valence-corrected chi connectivity index (χ4v) is 3.11. The van der Waals surface area contributed by atoms with E-state index in [1.807, 2.05) is 24.9 Å². The van der Waals surface area contributed by atoms with Crippen LogP contribution in [-0.4, -0.2) is 37.5 Å². The number of amides is 1. The van der Waals surface area contributed by atoms with Crippen LogP contribution >= 0.6 is 12.4 Å². The van der Waals surface area contributed by atoms with Crippen molar-refractivity contribution < 1.29 is 9.18 Å². The van der Waals surface area contributed by atoms with Gasteiger partial charge in [0, 0.05) is 19.0 Å². The summed E-state index contributed by atoms with van der Waals surface area (Å²) in [6, 6.07) is 6.72. The van der Waals surface area contributed by atoms with E-state index in [0.717, 1.165) is 26.1 Å². The second kappa shape index (κ2) is 9.11. The Morgan fingerprint density at radius 3 is 2.86 bits per heavy atom. The Bertz CT molecular complexity index is 481. The number of nitrogens with one attached hydrogen (secondary N) is 1. The van der Waals surface area contributed by atoms with Gasteiger partial charge in [0.2, 0.25) is 5.91 Å². The van der Waals surface area contributed by atoms with Gasteiger partial charge in [-0.2, -0.15) is 0 Å². The fourth-order valence-electron chi connectivity index (χ4n) is 3.11. The van der Waals surface area contributed by atoms with Gasteiger partial charge >= 0.3 is 0 Å². The predicted molar refractivity (Wildman–Crippen MR) is 89.7 cm³/mol. The van der Waals surface area contributed by atoms with Crippen molar-refractivity contribution in [1.29, 1.82) is 0 Å². The molecule has 0 saturated carbocycles. The highest BCUT2D eigenvalue weighted by atomic mass is 35.5. The Labute approximate surface area is 138 Å². The van der Waals surface area contributed by atoms with Crippen LogP contribution in [0.2, 0.25) is 0 Å². The molecule has 3 nitrogen and oxygen atoms in total. The molecule has 124 valence electrons. The summed E-state index contributed by atoms with van der Waals surface area (Å²) in [6.45, 7) is 4.50. The van der Waals surface area contributed by atoms with E-state index in [1.54, 1.807) is 12.1 Å². The topological polar surface area (TPSA) is 32.3 Å². The SMILES string of the molecule is CNCC1CCCN(C(=O)C(C)Cc2ccccc2F)C1.Cl. The highest BCUT2D eigenvalue weighted by Crippen LogP contribution is 2.20. The van der Waals surface area contributed by atoms with E-state index in [1.165, 1.54) is 12.5 Å². The first kappa shape index (κ1) is 18.9. The average molecular weight is 329 g/mol. The molecule has 0 bridgehead atoms. The molecule has 1 N–H and O–H groups in total. The van der Waals surface area contributed by atoms with Crippen LogP contribution in [0.4, 0.5) is 4.39 Å². The maximum Gasteiger partial charge on any atom is 0.225 e. The van der Waals surface area contributed by atoms with Gasteiger partial charge in [-0.1, -0.05) is 25.1 Å². The van der Waals surface area contributed by atoms with E-state index < -0.39 is 0 Å². The Morgan fingerprint density at radius 2 is 2.18 bits per heavy atom. The van der Waals surface area contributed by atoms with Crippen LogP contribution in [0.3, 0.4) is 0 Å². The minimum atomic E-state index is -0.219. The summed E-state index contributed by atoms with van der Waals surface area (Å²) >= 11 is 0. The molecule has 0 spiro atoms. The fraction of sp³-hybridized carbons (Fsp3) is 0.588. The molecular weight excluding hydrogens is 303 g/mol. The summed E-state index contributed by atoms with van der Waals surface area (Å²) in [5.74, 6) is 0.298. The highest BCUT2D eigenvalue weighted by Gasteiger charge is 2.26. The lowest BCUT2D eigenvalue weighted by molar-refractivity contribution is -0.136. The van der Waals surface area contributed by atoms with Crippen LogP contribution in [0.5, 0.6) is 0 Å². The molecule has 1 aliphatic heterocycles. The molecule has 1 aliphatic rings. The van der Waals surface area contributed by atoms with Crippen LogP contribution in [0.15, 0.2) is 24.3 Å². The monoisotopic (exact) mass is 328 g/mol. The number of carbonyl (C=O) groups excluding carboxylic acids is 1. The molecule has 2 atom stereocenters. The van der Waals surface area contributed by atoms with Gasteiger partial charge in [-0.25, -0.2) is 4.39 Å². The first-order valence-corrected chi connectivity index (χ1v) is 7.78. The zero-order chi connectivity index (χ0) is 15.2. The molecule has 1 heterocycles. The Kier molecular flexibility index (Phi) is 7.83. The van der Waals surface area contributed by atoms with E-state index in [-0.39, 0.29) is 30.0 Å². The van der Waals surface area contributed by atoms with E-state index in [4.69, 9.17) is 0 Å². The second-order valence-electron chi connectivity index (χ2n) is 6.05. The Morgan fingerprint density at radius 1 is 1.45 bits per heavy atom. The molecule has 1 amide bonds. The number of carbonyl (C=O) groups is 1. The van der Waals surface area contributed by atoms with Crippen LogP contribution < -0.4 is 5.32 Å². The number of rotatable bonds is 5. The Hall–Kier alpha value is -1.13. The molecule has 22 heavy (non-hydrogen) atoms. The van der Waals surface area contributed by atoms with Crippen molar-refractivity contribution >= 4 is 18.3 Å². The molecule has 1 aromatic carbocycles. The van der Waals surface area contributed by atoms with Gasteiger partial charge in [0.25, 0.3) is 0 Å². The lowest BCUT2D eigenvalue weighted by Crippen LogP contribution is -2.44. The lowest BCUT2D eigenvalue weighted by atomic mass is 9.94. The normalized spacial score (nSPS) is 19.4. The smallest absolute Gasteiger partial charge is 0.225 e. The molecule has 2 unspecified atom stereocenters. The summed E-state index contributed by atoms with van der Waals surface area (Å²) in [6.07, 6.45) is 2.70. The Balaban J connectivity index is 0.00000242. The zero-order valence-electron chi connectivity index (χ0n) is 13.3. The maximum atomic E-state index is 13.7. The van der Waals surface area contributed by atoms with Gasteiger partial charge in [0.1, 0.15) is 5.82 Å². The van der Waals surface area contributed by atoms with Gasteiger partial charge in [-0.05, 0) is 50.4 Å². The quantitative estimate of drug-likeness (QED) is 0.901. The number of hydrogen-bond acceptors (Lipinski definition) is 2. The van der Waals surface area contributed by atoms with Crippen LogP contribution in [-0.2, 0) is 11.2 Å². The third kappa shape index (κ3) is 4.96. The first-order chi connectivity index (χ1) is 10.1. The molecule has 0 aromatic heterocycles. The third-order valence-corrected chi connectivity index (χ3v) is 4.23. The summed E-state index contributed by atoms with van der Waals surface area (Å²) in [5, 5.41) is 3.19. The van der Waals surface area contributed by atoms with Crippen molar-refractivity contribution in [2.24, 2.45) is 11.8 Å². The van der Waals surface area contributed by atoms with E-state index >= 15 is 0 Å². The number of halogens is 2. The largest absolute Gasteiger partial charge is 0.342 e. The minimum Gasteiger partial charge on any atom is -0.342 e. The van der Waals surface area contributed by atoms with Crippen molar-refractivity contribution in [3.8, 4) is 0 Å². The molecular formula is C17H26ClFN2O. The van der Waals surface area contributed by atoms with Crippen molar-refractivity contribution in [2.75, 3.05) is 26.7 Å². The lowest BCUT2D eigenvalue weighted by Gasteiger charge is -2.34. The van der Waals surface area contributed by atoms with Crippen molar-refractivity contribution in [3.63, 3.8) is 0 Å². The van der Waals surface area contributed by atoms with Crippen LogP contribution in [0, 0.1) is 17.7 Å². The summed E-state index contributed by atoms with van der Waals surface area (Å²) in [5.41, 5.74) is 0.627. The summed E-state index contributed by atoms with van der Waals surface area (Å²) in [4.78, 5) is 14.5. The highest BCUT2D eigenvalue weighted by molar-refractivity contribution is 5.85. The molecule has 5 heteroatoms. The predicted octanol–water partition coefficient (Wildman–Crippen LogP) is 2.88. The number of likely N-dealkylation sites (tertiary alicyclic amines) is 1. The van der Waals surface area contributed by atoms with E-state index in [0.29, 0.717) is 17.9 Å². The van der Waals surface area contributed by atoms with Gasteiger partial charge in [-0.15, -0.1) is 12.4 Å². The summed E-state index contributed by atoms with van der Waals surface area (Å²) in [7, 11) is 1.95. The van der Waals surface area contributed by atoms with Crippen LogP contribution in [0.25, 0.3) is 0 Å². The van der Waals surface area contributed by atoms with Gasteiger partial charge < -0.3 is 10.2 Å². The zero-order valence-corrected chi connectivity index (χ0v) is 14.2.